The van der Waals surface area contributed by atoms with Crippen LogP contribution < -0.4 is 5.32 Å². The van der Waals surface area contributed by atoms with Crippen molar-refractivity contribution in [1.29, 1.82) is 0 Å². The Kier molecular flexibility index (Phi) is 4.91. The molecule has 126 valence electrons. The second kappa shape index (κ2) is 7.28. The Hall–Kier alpha value is -2.98. The highest BCUT2D eigenvalue weighted by molar-refractivity contribution is 6.00. The minimum Gasteiger partial charge on any atom is -0.382 e. The topological polar surface area (TPSA) is 62.2 Å². The Morgan fingerprint density at radius 1 is 1.04 bits per heavy atom. The van der Waals surface area contributed by atoms with Crippen molar-refractivity contribution < 1.29 is 9.90 Å². The second-order valence-electron chi connectivity index (χ2n) is 5.86. The van der Waals surface area contributed by atoms with Crippen LogP contribution in [0.4, 0.5) is 0 Å². The van der Waals surface area contributed by atoms with Gasteiger partial charge in [0, 0.05) is 13.2 Å². The molecule has 2 N–H and O–H groups in total. The molecule has 1 heterocycles. The minimum absolute atomic E-state index is 0.202. The lowest BCUT2D eigenvalue weighted by Gasteiger charge is -2.16. The van der Waals surface area contributed by atoms with Crippen LogP contribution in [0.2, 0.25) is 0 Å². The number of nitrogens with one attached hydrogen (secondary N) is 1. The van der Waals surface area contributed by atoms with Crippen LogP contribution in [0.25, 0.3) is 11.1 Å². The number of nitrogens with zero attached hydrogens (tertiary/aromatic N) is 1. The molecule has 0 aliphatic carbocycles. The van der Waals surface area contributed by atoms with E-state index in [9.17, 15) is 9.90 Å². The molecule has 1 amide bonds. The minimum atomic E-state index is -0.845. The van der Waals surface area contributed by atoms with Crippen molar-refractivity contribution in [2.75, 3.05) is 7.05 Å². The van der Waals surface area contributed by atoms with Crippen LogP contribution in [0.3, 0.4) is 0 Å². The summed E-state index contributed by atoms with van der Waals surface area (Å²) in [5.41, 5.74) is 4.53. The van der Waals surface area contributed by atoms with Crippen LogP contribution in [-0.4, -0.2) is 23.0 Å². The smallest absolute Gasteiger partial charge is 0.253 e. The molecule has 1 aromatic heterocycles. The summed E-state index contributed by atoms with van der Waals surface area (Å²) < 4.78 is 0. The second-order valence-corrected chi connectivity index (χ2v) is 5.86. The van der Waals surface area contributed by atoms with E-state index < -0.39 is 6.10 Å². The molecule has 0 spiro atoms. The molecule has 4 heteroatoms. The number of aryl methyl sites for hydroxylation is 1. The molecule has 0 radical (unpaired) electrons. The fourth-order valence-corrected chi connectivity index (χ4v) is 2.84. The number of carbonyl (C=O) groups excluding carboxylic acids is 1. The third-order valence-corrected chi connectivity index (χ3v) is 4.23. The number of pyridine rings is 1. The van der Waals surface area contributed by atoms with Crippen LogP contribution in [0.1, 0.15) is 33.3 Å². The van der Waals surface area contributed by atoms with Gasteiger partial charge in [-0.1, -0.05) is 54.6 Å². The van der Waals surface area contributed by atoms with Gasteiger partial charge in [-0.2, -0.15) is 0 Å². The van der Waals surface area contributed by atoms with Gasteiger partial charge >= 0.3 is 0 Å². The standard InChI is InChI=1S/C21H20N2O2/c1-14-8-6-7-11-16(14)17-12-19(23-13-18(17)21(25)22-2)20(24)15-9-4-3-5-10-15/h3-13,20,24H,1-2H3,(H,22,25). The number of aliphatic hydroxyl groups excluding tert-OH is 1. The van der Waals surface area contributed by atoms with Gasteiger partial charge in [-0.25, -0.2) is 0 Å². The Bertz CT molecular complexity index is 891. The average Bonchev–Trinajstić information content (AvgIpc) is 2.67. The number of aliphatic hydroxyl groups is 1. The number of hydrogen-bond acceptors (Lipinski definition) is 3. The molecule has 1 atom stereocenters. The van der Waals surface area contributed by atoms with Crippen LogP contribution in [0, 0.1) is 6.92 Å². The summed E-state index contributed by atoms with van der Waals surface area (Å²) in [5, 5.41) is 13.3. The first kappa shape index (κ1) is 16.9. The molecule has 2 aromatic carbocycles. The third-order valence-electron chi connectivity index (χ3n) is 4.23. The molecule has 4 nitrogen and oxygen atoms in total. The highest BCUT2D eigenvalue weighted by Gasteiger charge is 2.18. The zero-order chi connectivity index (χ0) is 17.8. The molecule has 0 aliphatic heterocycles. The van der Waals surface area contributed by atoms with Crippen molar-refractivity contribution in [3.05, 3.63) is 89.2 Å². The fourth-order valence-electron chi connectivity index (χ4n) is 2.84. The van der Waals surface area contributed by atoms with Gasteiger partial charge in [-0.05, 0) is 35.2 Å². The van der Waals surface area contributed by atoms with E-state index in [0.29, 0.717) is 11.3 Å². The van der Waals surface area contributed by atoms with Gasteiger partial charge in [-0.15, -0.1) is 0 Å². The van der Waals surface area contributed by atoms with Crippen LogP contribution in [0.5, 0.6) is 0 Å². The van der Waals surface area contributed by atoms with Gasteiger partial charge in [0.25, 0.3) is 5.91 Å². The molecule has 0 bridgehead atoms. The van der Waals surface area contributed by atoms with Gasteiger partial charge in [0.15, 0.2) is 0 Å². The predicted octanol–water partition coefficient (Wildman–Crippen LogP) is 3.50. The van der Waals surface area contributed by atoms with Crippen molar-refractivity contribution >= 4 is 5.91 Å². The first-order valence-corrected chi connectivity index (χ1v) is 8.13. The monoisotopic (exact) mass is 332 g/mol. The van der Waals surface area contributed by atoms with Gasteiger partial charge in [0.1, 0.15) is 6.10 Å². The quantitative estimate of drug-likeness (QED) is 0.769. The molecular weight excluding hydrogens is 312 g/mol. The summed E-state index contributed by atoms with van der Waals surface area (Å²) >= 11 is 0. The fraction of sp³-hybridized carbons (Fsp3) is 0.143. The van der Waals surface area contributed by atoms with Gasteiger partial charge < -0.3 is 10.4 Å². The lowest BCUT2D eigenvalue weighted by atomic mass is 9.94. The molecule has 0 saturated carbocycles. The normalized spacial score (nSPS) is 11.8. The first-order chi connectivity index (χ1) is 12.1. The number of aromatic nitrogens is 1. The largest absolute Gasteiger partial charge is 0.382 e. The maximum Gasteiger partial charge on any atom is 0.253 e. The highest BCUT2D eigenvalue weighted by atomic mass is 16.3. The summed E-state index contributed by atoms with van der Waals surface area (Å²) in [4.78, 5) is 16.6. The van der Waals surface area contributed by atoms with E-state index in [1.54, 1.807) is 13.1 Å². The third kappa shape index (κ3) is 3.44. The zero-order valence-corrected chi connectivity index (χ0v) is 14.2. The number of amides is 1. The Morgan fingerprint density at radius 2 is 1.72 bits per heavy atom. The Morgan fingerprint density at radius 3 is 2.40 bits per heavy atom. The maximum absolute atomic E-state index is 12.3. The lowest BCUT2D eigenvalue weighted by Crippen LogP contribution is -2.19. The summed E-state index contributed by atoms with van der Waals surface area (Å²) in [7, 11) is 1.59. The van der Waals surface area contributed by atoms with Crippen LogP contribution >= 0.6 is 0 Å². The van der Waals surface area contributed by atoms with E-state index in [-0.39, 0.29) is 5.91 Å². The average molecular weight is 332 g/mol. The number of carbonyl (C=O) groups is 1. The van der Waals surface area contributed by atoms with E-state index in [0.717, 1.165) is 22.3 Å². The molecular formula is C21H20N2O2. The first-order valence-electron chi connectivity index (χ1n) is 8.13. The zero-order valence-electron chi connectivity index (χ0n) is 14.2. The molecule has 0 fully saturated rings. The molecule has 3 aromatic rings. The van der Waals surface area contributed by atoms with E-state index in [2.05, 4.69) is 10.3 Å². The summed E-state index contributed by atoms with van der Waals surface area (Å²) in [5.74, 6) is -0.202. The van der Waals surface area contributed by atoms with E-state index >= 15 is 0 Å². The van der Waals surface area contributed by atoms with Gasteiger partial charge in [-0.3, -0.25) is 9.78 Å². The summed E-state index contributed by atoms with van der Waals surface area (Å²) in [6.07, 6.45) is 0.685. The van der Waals surface area contributed by atoms with E-state index in [1.165, 1.54) is 6.20 Å². The number of rotatable bonds is 4. The number of hydrogen-bond donors (Lipinski definition) is 2. The SMILES string of the molecule is CNC(=O)c1cnc(C(O)c2ccccc2)cc1-c1ccccc1C. The van der Waals surface area contributed by atoms with E-state index in [4.69, 9.17) is 0 Å². The van der Waals surface area contributed by atoms with Crippen LogP contribution in [0.15, 0.2) is 66.9 Å². The van der Waals surface area contributed by atoms with Crippen LogP contribution in [-0.2, 0) is 0 Å². The molecule has 25 heavy (non-hydrogen) atoms. The lowest BCUT2D eigenvalue weighted by molar-refractivity contribution is 0.0963. The van der Waals surface area contributed by atoms with E-state index in [1.807, 2.05) is 61.5 Å². The van der Waals surface area contributed by atoms with Crippen molar-refractivity contribution in [2.24, 2.45) is 0 Å². The van der Waals surface area contributed by atoms with Crippen molar-refractivity contribution in [3.63, 3.8) is 0 Å². The maximum atomic E-state index is 12.3. The molecule has 0 saturated heterocycles. The van der Waals surface area contributed by atoms with Crippen molar-refractivity contribution in [1.82, 2.24) is 10.3 Å². The Labute approximate surface area is 147 Å². The van der Waals surface area contributed by atoms with Crippen molar-refractivity contribution in [3.8, 4) is 11.1 Å². The highest BCUT2D eigenvalue weighted by Crippen LogP contribution is 2.30. The summed E-state index contributed by atoms with van der Waals surface area (Å²) in [6, 6.07) is 19.0. The molecule has 3 rings (SSSR count). The van der Waals surface area contributed by atoms with Crippen molar-refractivity contribution in [2.45, 2.75) is 13.0 Å². The molecule has 0 aliphatic rings. The summed E-state index contributed by atoms with van der Waals surface area (Å²) in [6.45, 7) is 2.00. The molecule has 1 unspecified atom stereocenters. The van der Waals surface area contributed by atoms with Gasteiger partial charge in [0.05, 0.1) is 11.3 Å². The van der Waals surface area contributed by atoms with Gasteiger partial charge in [0.2, 0.25) is 0 Å². The Balaban J connectivity index is 2.14. The number of benzene rings is 2. The predicted molar refractivity (Wildman–Crippen MR) is 98.3 cm³/mol.